The summed E-state index contributed by atoms with van der Waals surface area (Å²) in [5, 5.41) is 3.78. The predicted molar refractivity (Wildman–Crippen MR) is 90.6 cm³/mol. The summed E-state index contributed by atoms with van der Waals surface area (Å²) in [5.41, 5.74) is 3.86. The summed E-state index contributed by atoms with van der Waals surface area (Å²) in [7, 11) is 1.66. The number of amides is 1. The minimum atomic E-state index is -0.0667. The number of benzene rings is 2. The second kappa shape index (κ2) is 5.77. The van der Waals surface area contributed by atoms with Gasteiger partial charge in [0.1, 0.15) is 10.8 Å². The lowest BCUT2D eigenvalue weighted by Gasteiger charge is -2.07. The number of carbonyl (C=O) groups excluding carboxylic acids is 1. The zero-order valence-corrected chi connectivity index (χ0v) is 13.5. The fourth-order valence-electron chi connectivity index (χ4n) is 2.28. The molecule has 0 bridgehead atoms. The van der Waals surface area contributed by atoms with E-state index in [0.29, 0.717) is 0 Å². The zero-order chi connectivity index (χ0) is 15.7. The van der Waals surface area contributed by atoms with Gasteiger partial charge in [0, 0.05) is 18.2 Å². The first-order valence-electron chi connectivity index (χ1n) is 6.90. The Bertz CT molecular complexity index is 855. The number of hydrogen-bond donors (Lipinski definition) is 1. The third-order valence-corrected chi connectivity index (χ3v) is 4.45. The molecule has 0 radical (unpaired) electrons. The molecule has 1 amide bonds. The van der Waals surface area contributed by atoms with Crippen molar-refractivity contribution in [1.82, 2.24) is 4.98 Å². The minimum Gasteiger partial charge on any atom is -0.497 e. The number of carbonyl (C=O) groups is 1. The van der Waals surface area contributed by atoms with Gasteiger partial charge in [0.05, 0.1) is 17.3 Å². The maximum Gasteiger partial charge on any atom is 0.221 e. The van der Waals surface area contributed by atoms with Crippen LogP contribution in [-0.4, -0.2) is 18.0 Å². The molecule has 0 unspecified atom stereocenters. The molecule has 0 saturated heterocycles. The molecule has 4 nitrogen and oxygen atoms in total. The molecule has 22 heavy (non-hydrogen) atoms. The number of methoxy groups -OCH3 is 1. The van der Waals surface area contributed by atoms with E-state index >= 15 is 0 Å². The van der Waals surface area contributed by atoms with Crippen LogP contribution < -0.4 is 10.1 Å². The van der Waals surface area contributed by atoms with Crippen molar-refractivity contribution in [3.05, 3.63) is 42.0 Å². The number of hydrogen-bond acceptors (Lipinski definition) is 4. The van der Waals surface area contributed by atoms with Gasteiger partial charge < -0.3 is 10.1 Å². The average Bonchev–Trinajstić information content (AvgIpc) is 2.91. The summed E-state index contributed by atoms with van der Waals surface area (Å²) in [5.74, 6) is 0.766. The number of anilines is 1. The average molecular weight is 312 g/mol. The van der Waals surface area contributed by atoms with Crippen LogP contribution in [0.3, 0.4) is 0 Å². The fourth-order valence-corrected chi connectivity index (χ4v) is 3.27. The van der Waals surface area contributed by atoms with Gasteiger partial charge in [-0.25, -0.2) is 4.98 Å². The molecule has 0 spiro atoms. The number of thiazole rings is 1. The molecule has 1 aromatic heterocycles. The van der Waals surface area contributed by atoms with Crippen molar-refractivity contribution >= 4 is 33.1 Å². The van der Waals surface area contributed by atoms with Gasteiger partial charge in [-0.3, -0.25) is 4.79 Å². The summed E-state index contributed by atoms with van der Waals surface area (Å²) in [6.07, 6.45) is 0. The largest absolute Gasteiger partial charge is 0.497 e. The van der Waals surface area contributed by atoms with Crippen LogP contribution in [0.1, 0.15) is 12.5 Å². The highest BCUT2D eigenvalue weighted by Gasteiger charge is 2.09. The SMILES string of the molecule is COc1ccc2nc(-c3ccc(NC(C)=O)c(C)c3)sc2c1. The second-order valence-electron chi connectivity index (χ2n) is 5.06. The second-order valence-corrected chi connectivity index (χ2v) is 6.09. The van der Waals surface area contributed by atoms with Gasteiger partial charge in [-0.1, -0.05) is 0 Å². The van der Waals surface area contributed by atoms with Crippen LogP contribution in [0.2, 0.25) is 0 Å². The Balaban J connectivity index is 2.00. The number of rotatable bonds is 3. The third kappa shape index (κ3) is 2.80. The first-order valence-corrected chi connectivity index (χ1v) is 7.71. The van der Waals surface area contributed by atoms with E-state index in [0.717, 1.165) is 37.8 Å². The van der Waals surface area contributed by atoms with Gasteiger partial charge in [-0.2, -0.15) is 0 Å². The monoisotopic (exact) mass is 312 g/mol. The Morgan fingerprint density at radius 3 is 2.73 bits per heavy atom. The Hall–Kier alpha value is -2.40. The summed E-state index contributed by atoms with van der Waals surface area (Å²) < 4.78 is 6.34. The molecule has 0 saturated carbocycles. The lowest BCUT2D eigenvalue weighted by atomic mass is 10.1. The molecule has 5 heteroatoms. The van der Waals surface area contributed by atoms with Crippen LogP contribution in [-0.2, 0) is 4.79 Å². The summed E-state index contributed by atoms with van der Waals surface area (Å²) in [4.78, 5) is 15.8. The lowest BCUT2D eigenvalue weighted by molar-refractivity contribution is -0.114. The molecule has 1 N–H and O–H groups in total. The minimum absolute atomic E-state index is 0.0667. The van der Waals surface area contributed by atoms with Crippen LogP contribution in [0, 0.1) is 6.92 Å². The Kier molecular flexibility index (Phi) is 3.81. The van der Waals surface area contributed by atoms with Crippen LogP contribution >= 0.6 is 11.3 Å². The number of aryl methyl sites for hydroxylation is 1. The number of nitrogens with zero attached hydrogens (tertiary/aromatic N) is 1. The van der Waals surface area contributed by atoms with Crippen molar-refractivity contribution in [2.75, 3.05) is 12.4 Å². The number of aromatic nitrogens is 1. The lowest BCUT2D eigenvalue weighted by Crippen LogP contribution is -2.06. The Morgan fingerprint density at radius 2 is 2.05 bits per heavy atom. The van der Waals surface area contributed by atoms with Gasteiger partial charge >= 0.3 is 0 Å². The Morgan fingerprint density at radius 1 is 1.23 bits per heavy atom. The molecule has 3 aromatic rings. The molecule has 112 valence electrons. The van der Waals surface area contributed by atoms with Crippen molar-refractivity contribution in [3.8, 4) is 16.3 Å². The van der Waals surface area contributed by atoms with Gasteiger partial charge in [0.25, 0.3) is 0 Å². The maximum atomic E-state index is 11.2. The molecule has 0 aliphatic rings. The first-order chi connectivity index (χ1) is 10.6. The smallest absolute Gasteiger partial charge is 0.221 e. The molecule has 0 fully saturated rings. The molecule has 0 aliphatic heterocycles. The summed E-state index contributed by atoms with van der Waals surface area (Å²) >= 11 is 1.63. The standard InChI is InChI=1S/C17H16N2O2S/c1-10-8-12(4-6-14(10)18-11(2)20)17-19-15-7-5-13(21-3)9-16(15)22-17/h4-9H,1-3H3,(H,18,20). The summed E-state index contributed by atoms with van der Waals surface area (Å²) in [6, 6.07) is 11.8. The molecular weight excluding hydrogens is 296 g/mol. The van der Waals surface area contributed by atoms with Crippen LogP contribution in [0.15, 0.2) is 36.4 Å². The first kappa shape index (κ1) is 14.5. The van der Waals surface area contributed by atoms with Crippen molar-refractivity contribution in [2.24, 2.45) is 0 Å². The van der Waals surface area contributed by atoms with E-state index in [9.17, 15) is 4.79 Å². The topological polar surface area (TPSA) is 51.2 Å². The van der Waals surface area contributed by atoms with Crippen LogP contribution in [0.25, 0.3) is 20.8 Å². The van der Waals surface area contributed by atoms with Crippen molar-refractivity contribution in [1.29, 1.82) is 0 Å². The van der Waals surface area contributed by atoms with Gasteiger partial charge in [-0.15, -0.1) is 11.3 Å². The van der Waals surface area contributed by atoms with Crippen molar-refractivity contribution < 1.29 is 9.53 Å². The van der Waals surface area contributed by atoms with E-state index in [2.05, 4.69) is 10.3 Å². The van der Waals surface area contributed by atoms with E-state index in [1.165, 1.54) is 6.92 Å². The molecule has 0 aliphatic carbocycles. The fraction of sp³-hybridized carbons (Fsp3) is 0.176. The Labute approximate surface area is 132 Å². The van der Waals surface area contributed by atoms with Gasteiger partial charge in [0.2, 0.25) is 5.91 Å². The van der Waals surface area contributed by atoms with Crippen LogP contribution in [0.5, 0.6) is 5.75 Å². The van der Waals surface area contributed by atoms with E-state index in [-0.39, 0.29) is 5.91 Å². The molecule has 1 heterocycles. The zero-order valence-electron chi connectivity index (χ0n) is 12.6. The van der Waals surface area contributed by atoms with Crippen LogP contribution in [0.4, 0.5) is 5.69 Å². The van der Waals surface area contributed by atoms with E-state index in [1.807, 2.05) is 43.3 Å². The molecule has 0 atom stereocenters. The molecule has 3 rings (SSSR count). The van der Waals surface area contributed by atoms with Crippen molar-refractivity contribution in [3.63, 3.8) is 0 Å². The highest BCUT2D eigenvalue weighted by molar-refractivity contribution is 7.21. The number of nitrogens with one attached hydrogen (secondary N) is 1. The predicted octanol–water partition coefficient (Wildman–Crippen LogP) is 4.24. The van der Waals surface area contributed by atoms with E-state index in [1.54, 1.807) is 18.4 Å². The molecule has 2 aromatic carbocycles. The van der Waals surface area contributed by atoms with Gasteiger partial charge in [0.15, 0.2) is 0 Å². The van der Waals surface area contributed by atoms with E-state index < -0.39 is 0 Å². The third-order valence-electron chi connectivity index (χ3n) is 3.38. The normalized spacial score (nSPS) is 10.7. The highest BCUT2D eigenvalue weighted by Crippen LogP contribution is 2.33. The quantitative estimate of drug-likeness (QED) is 0.787. The summed E-state index contributed by atoms with van der Waals surface area (Å²) in [6.45, 7) is 3.49. The van der Waals surface area contributed by atoms with Crippen molar-refractivity contribution in [2.45, 2.75) is 13.8 Å². The number of fused-ring (bicyclic) bond motifs is 1. The van der Waals surface area contributed by atoms with E-state index in [4.69, 9.17) is 4.74 Å². The number of ether oxygens (including phenoxy) is 1. The highest BCUT2D eigenvalue weighted by atomic mass is 32.1. The van der Waals surface area contributed by atoms with Gasteiger partial charge in [-0.05, 0) is 48.9 Å². The molecular formula is C17H16N2O2S. The maximum absolute atomic E-state index is 11.2.